The number of rotatable bonds is 4. The van der Waals surface area contributed by atoms with E-state index in [0.29, 0.717) is 23.3 Å². The molecule has 146 valence electrons. The van der Waals surface area contributed by atoms with Gasteiger partial charge in [0.1, 0.15) is 0 Å². The number of benzene rings is 2. The Kier molecular flexibility index (Phi) is 6.13. The summed E-state index contributed by atoms with van der Waals surface area (Å²) < 4.78 is 78.1. The highest BCUT2D eigenvalue weighted by Gasteiger charge is 2.42. The molecule has 0 aliphatic heterocycles. The van der Waals surface area contributed by atoms with Crippen molar-refractivity contribution in [1.29, 1.82) is 5.26 Å². The summed E-state index contributed by atoms with van der Waals surface area (Å²) in [7, 11) is 0. The number of halogens is 6. The largest absolute Gasteiger partial charge is 0.416 e. The first-order chi connectivity index (χ1) is 13.0. The molecule has 0 spiro atoms. The van der Waals surface area contributed by atoms with Crippen LogP contribution in [0.1, 0.15) is 28.3 Å². The highest BCUT2D eigenvalue weighted by atomic mass is 19.4. The van der Waals surface area contributed by atoms with Gasteiger partial charge in [-0.2, -0.15) is 31.6 Å². The van der Waals surface area contributed by atoms with E-state index in [0.717, 1.165) is 18.2 Å². The second-order valence-electron chi connectivity index (χ2n) is 5.67. The Morgan fingerprint density at radius 2 is 1.68 bits per heavy atom. The molecule has 0 bridgehead atoms. The maximum Gasteiger partial charge on any atom is 0.416 e. The molecule has 0 aliphatic carbocycles. The van der Waals surface area contributed by atoms with Crippen LogP contribution in [0.15, 0.2) is 54.6 Å². The molecular formula is C19H12F6N2O. The zero-order chi connectivity index (χ0) is 20.9. The Labute approximate surface area is 155 Å². The smallest absolute Gasteiger partial charge is 0.337 e. The van der Waals surface area contributed by atoms with Gasteiger partial charge < -0.3 is 5.32 Å². The summed E-state index contributed by atoms with van der Waals surface area (Å²) in [6, 6.07) is 7.86. The molecule has 3 nitrogen and oxygen atoms in total. The van der Waals surface area contributed by atoms with Gasteiger partial charge in [0, 0.05) is 6.08 Å². The van der Waals surface area contributed by atoms with Crippen LogP contribution in [0.2, 0.25) is 0 Å². The van der Waals surface area contributed by atoms with Crippen LogP contribution in [-0.2, 0) is 11.0 Å². The highest BCUT2D eigenvalue weighted by molar-refractivity contribution is 5.92. The molecule has 1 unspecified atom stereocenters. The van der Waals surface area contributed by atoms with Gasteiger partial charge >= 0.3 is 12.4 Å². The summed E-state index contributed by atoms with van der Waals surface area (Å²) in [5.41, 5.74) is -1.16. The topological polar surface area (TPSA) is 52.9 Å². The van der Waals surface area contributed by atoms with Gasteiger partial charge in [0.25, 0.3) is 0 Å². The van der Waals surface area contributed by atoms with Crippen molar-refractivity contribution in [3.05, 3.63) is 76.9 Å². The SMILES string of the molecule is N#Cc1ccc(C=CC(=O)NC(c2cccc(C(F)(F)F)c2)C(F)(F)F)cc1. The lowest BCUT2D eigenvalue weighted by Crippen LogP contribution is -2.37. The van der Waals surface area contributed by atoms with Gasteiger partial charge in [-0.05, 0) is 41.5 Å². The van der Waals surface area contributed by atoms with Crippen molar-refractivity contribution in [2.24, 2.45) is 0 Å². The van der Waals surface area contributed by atoms with Crippen LogP contribution in [0, 0.1) is 11.3 Å². The average molecular weight is 398 g/mol. The maximum absolute atomic E-state index is 13.3. The molecule has 0 saturated carbocycles. The van der Waals surface area contributed by atoms with E-state index in [1.54, 1.807) is 5.32 Å². The first-order valence-electron chi connectivity index (χ1n) is 7.73. The predicted octanol–water partition coefficient (Wildman–Crippen LogP) is 5.01. The zero-order valence-electron chi connectivity index (χ0n) is 14.0. The lowest BCUT2D eigenvalue weighted by molar-refractivity contribution is -0.162. The molecule has 2 aromatic carbocycles. The van der Waals surface area contributed by atoms with Crippen LogP contribution in [0.4, 0.5) is 26.3 Å². The third-order valence-corrected chi connectivity index (χ3v) is 3.63. The molecule has 0 aromatic heterocycles. The van der Waals surface area contributed by atoms with Crippen molar-refractivity contribution < 1.29 is 31.1 Å². The molecule has 1 N–H and O–H groups in total. The van der Waals surface area contributed by atoms with E-state index in [1.807, 2.05) is 6.07 Å². The van der Waals surface area contributed by atoms with Gasteiger partial charge in [-0.3, -0.25) is 4.79 Å². The number of carbonyl (C=O) groups is 1. The van der Waals surface area contributed by atoms with Crippen LogP contribution in [0.3, 0.4) is 0 Å². The van der Waals surface area contributed by atoms with Crippen LogP contribution < -0.4 is 5.32 Å². The van der Waals surface area contributed by atoms with Gasteiger partial charge in [0.15, 0.2) is 6.04 Å². The molecule has 2 aromatic rings. The molecule has 0 aliphatic rings. The van der Waals surface area contributed by atoms with Gasteiger partial charge in [0.05, 0.1) is 17.2 Å². The van der Waals surface area contributed by atoms with Gasteiger partial charge in [0.2, 0.25) is 5.91 Å². The van der Waals surface area contributed by atoms with E-state index in [2.05, 4.69) is 0 Å². The summed E-state index contributed by atoms with van der Waals surface area (Å²) >= 11 is 0. The average Bonchev–Trinajstić information content (AvgIpc) is 2.63. The lowest BCUT2D eigenvalue weighted by Gasteiger charge is -2.22. The molecule has 1 amide bonds. The van der Waals surface area contributed by atoms with Crippen molar-refractivity contribution in [3.63, 3.8) is 0 Å². The van der Waals surface area contributed by atoms with Gasteiger partial charge in [-0.1, -0.05) is 24.3 Å². The molecule has 0 saturated heterocycles. The number of hydrogen-bond donors (Lipinski definition) is 1. The van der Waals surface area contributed by atoms with Crippen molar-refractivity contribution >= 4 is 12.0 Å². The quantitative estimate of drug-likeness (QED) is 0.582. The van der Waals surface area contributed by atoms with E-state index >= 15 is 0 Å². The lowest BCUT2D eigenvalue weighted by atomic mass is 10.0. The molecule has 0 heterocycles. The Morgan fingerprint density at radius 3 is 2.21 bits per heavy atom. The number of hydrogen-bond acceptors (Lipinski definition) is 2. The minimum absolute atomic E-state index is 0.350. The summed E-state index contributed by atoms with van der Waals surface area (Å²) in [6.07, 6.45) is -7.77. The predicted molar refractivity (Wildman–Crippen MR) is 88.6 cm³/mol. The fourth-order valence-electron chi connectivity index (χ4n) is 2.28. The molecular weight excluding hydrogens is 386 g/mol. The van der Waals surface area contributed by atoms with E-state index in [1.165, 1.54) is 30.3 Å². The summed E-state index contributed by atoms with van der Waals surface area (Å²) in [5.74, 6) is -1.14. The Bertz CT molecular complexity index is 908. The molecule has 0 radical (unpaired) electrons. The first-order valence-corrected chi connectivity index (χ1v) is 7.73. The number of nitriles is 1. The van der Waals surface area contributed by atoms with Crippen LogP contribution >= 0.6 is 0 Å². The number of nitrogens with zero attached hydrogens (tertiary/aromatic N) is 1. The summed E-state index contributed by atoms with van der Waals surface area (Å²) in [6.45, 7) is 0. The monoisotopic (exact) mass is 398 g/mol. The molecule has 2 rings (SSSR count). The number of alkyl halides is 6. The number of nitrogens with one attached hydrogen (secondary N) is 1. The Morgan fingerprint density at radius 1 is 1.04 bits per heavy atom. The number of carbonyl (C=O) groups excluding carboxylic acids is 1. The molecule has 0 fully saturated rings. The Balaban J connectivity index is 2.22. The first kappa shape index (κ1) is 21.0. The molecule has 9 heteroatoms. The van der Waals surface area contributed by atoms with Crippen LogP contribution in [0.5, 0.6) is 0 Å². The highest BCUT2D eigenvalue weighted by Crippen LogP contribution is 2.36. The zero-order valence-corrected chi connectivity index (χ0v) is 14.0. The van der Waals surface area contributed by atoms with Crippen molar-refractivity contribution in [2.75, 3.05) is 0 Å². The van der Waals surface area contributed by atoms with Crippen LogP contribution in [-0.4, -0.2) is 12.1 Å². The number of amides is 1. The summed E-state index contributed by atoms with van der Waals surface area (Å²) in [5, 5.41) is 10.4. The second-order valence-corrected chi connectivity index (χ2v) is 5.67. The van der Waals surface area contributed by atoms with E-state index in [4.69, 9.17) is 5.26 Å². The third kappa shape index (κ3) is 5.61. The fraction of sp³-hybridized carbons (Fsp3) is 0.158. The molecule has 1 atom stereocenters. The van der Waals surface area contributed by atoms with Crippen molar-refractivity contribution in [3.8, 4) is 6.07 Å². The maximum atomic E-state index is 13.3. The normalized spacial score (nSPS) is 13.2. The minimum Gasteiger partial charge on any atom is -0.337 e. The van der Waals surface area contributed by atoms with Crippen molar-refractivity contribution in [1.82, 2.24) is 5.32 Å². The third-order valence-electron chi connectivity index (χ3n) is 3.63. The van der Waals surface area contributed by atoms with Crippen LogP contribution in [0.25, 0.3) is 6.08 Å². The van der Waals surface area contributed by atoms with Crippen molar-refractivity contribution in [2.45, 2.75) is 18.4 Å². The van der Waals surface area contributed by atoms with Gasteiger partial charge in [-0.25, -0.2) is 0 Å². The van der Waals surface area contributed by atoms with E-state index < -0.39 is 35.4 Å². The van der Waals surface area contributed by atoms with Gasteiger partial charge in [-0.15, -0.1) is 0 Å². The standard InChI is InChI=1S/C19H12F6N2O/c20-18(21,22)15-3-1-2-14(10-15)17(19(23,24)25)27-16(28)9-8-12-4-6-13(11-26)7-5-12/h1-10,17H,(H,27,28). The van der Waals surface area contributed by atoms with E-state index in [-0.39, 0.29) is 0 Å². The second kappa shape index (κ2) is 8.17. The summed E-state index contributed by atoms with van der Waals surface area (Å²) in [4.78, 5) is 11.9. The Hall–Kier alpha value is -3.28. The van der Waals surface area contributed by atoms with E-state index in [9.17, 15) is 31.1 Å². The minimum atomic E-state index is -5.00. The fourth-order valence-corrected chi connectivity index (χ4v) is 2.28. The molecule has 28 heavy (non-hydrogen) atoms.